The van der Waals surface area contributed by atoms with Gasteiger partial charge in [0.05, 0.1) is 5.56 Å². The Hall–Kier alpha value is -1.72. The van der Waals surface area contributed by atoms with Crippen LogP contribution in [0.15, 0.2) is 12.1 Å². The Kier molecular flexibility index (Phi) is 3.81. The molecular formula is C17H21F3N2O. The van der Waals surface area contributed by atoms with Gasteiger partial charge in [-0.05, 0) is 43.9 Å². The van der Waals surface area contributed by atoms with Crippen molar-refractivity contribution in [1.29, 1.82) is 0 Å². The molecule has 0 saturated carbocycles. The highest BCUT2D eigenvalue weighted by molar-refractivity contribution is 6.00. The summed E-state index contributed by atoms with van der Waals surface area (Å²) in [5.41, 5.74) is 0.177. The van der Waals surface area contributed by atoms with E-state index in [0.29, 0.717) is 11.6 Å². The summed E-state index contributed by atoms with van der Waals surface area (Å²) in [4.78, 5) is 15.9. The summed E-state index contributed by atoms with van der Waals surface area (Å²) in [7, 11) is 0. The van der Waals surface area contributed by atoms with E-state index >= 15 is 0 Å². The Morgan fingerprint density at radius 3 is 2.48 bits per heavy atom. The van der Waals surface area contributed by atoms with Crippen LogP contribution < -0.4 is 4.90 Å². The van der Waals surface area contributed by atoms with Gasteiger partial charge in [0.1, 0.15) is 0 Å². The molecule has 2 aliphatic heterocycles. The maximum atomic E-state index is 13.5. The number of hydrogen-bond acceptors (Lipinski definition) is 2. The molecule has 6 heteroatoms. The first-order valence-corrected chi connectivity index (χ1v) is 7.98. The van der Waals surface area contributed by atoms with E-state index in [2.05, 4.69) is 6.92 Å². The van der Waals surface area contributed by atoms with Crippen molar-refractivity contribution in [2.45, 2.75) is 46.0 Å². The third-order valence-corrected chi connectivity index (χ3v) is 4.77. The van der Waals surface area contributed by atoms with Crippen LogP contribution in [0.4, 0.5) is 18.9 Å². The van der Waals surface area contributed by atoms with Crippen molar-refractivity contribution in [3.05, 3.63) is 28.8 Å². The first-order valence-electron chi connectivity index (χ1n) is 7.98. The highest BCUT2D eigenvalue weighted by Gasteiger charge is 2.41. The summed E-state index contributed by atoms with van der Waals surface area (Å²) < 4.78 is 40.5. The highest BCUT2D eigenvalue weighted by atomic mass is 19.4. The molecule has 126 valence electrons. The standard InChI is InChI=1S/C17H21F3N2O/c1-10(2)22-9-14-13(16(22)23)6-12(7-15(14)17(18,19)20)21-5-4-11(3)8-21/h6-7,10-11H,4-5,8-9H2,1-3H3. The van der Waals surface area contributed by atoms with Gasteiger partial charge in [0, 0.05) is 36.9 Å². The average molecular weight is 326 g/mol. The van der Waals surface area contributed by atoms with Gasteiger partial charge in [-0.15, -0.1) is 0 Å². The van der Waals surface area contributed by atoms with Crippen LogP contribution in [0.3, 0.4) is 0 Å². The van der Waals surface area contributed by atoms with Crippen LogP contribution in [0, 0.1) is 5.92 Å². The summed E-state index contributed by atoms with van der Waals surface area (Å²) in [6, 6.07) is 2.74. The van der Waals surface area contributed by atoms with E-state index in [-0.39, 0.29) is 29.6 Å². The maximum absolute atomic E-state index is 13.5. The van der Waals surface area contributed by atoms with E-state index in [9.17, 15) is 18.0 Å². The number of rotatable bonds is 2. The minimum atomic E-state index is -4.45. The number of fused-ring (bicyclic) bond motifs is 1. The van der Waals surface area contributed by atoms with Gasteiger partial charge in [0.25, 0.3) is 5.91 Å². The van der Waals surface area contributed by atoms with Gasteiger partial charge in [-0.3, -0.25) is 4.79 Å². The van der Waals surface area contributed by atoms with E-state index in [1.807, 2.05) is 18.7 Å². The predicted molar refractivity (Wildman–Crippen MR) is 82.4 cm³/mol. The molecule has 1 amide bonds. The summed E-state index contributed by atoms with van der Waals surface area (Å²) in [6.07, 6.45) is -3.48. The van der Waals surface area contributed by atoms with Crippen molar-refractivity contribution < 1.29 is 18.0 Å². The Bertz CT molecular complexity index is 639. The van der Waals surface area contributed by atoms with E-state index < -0.39 is 11.7 Å². The van der Waals surface area contributed by atoms with E-state index in [1.165, 1.54) is 11.0 Å². The number of anilines is 1. The summed E-state index contributed by atoms with van der Waals surface area (Å²) >= 11 is 0. The van der Waals surface area contributed by atoms with Gasteiger partial charge in [0.2, 0.25) is 0 Å². The number of alkyl halides is 3. The zero-order valence-electron chi connectivity index (χ0n) is 13.6. The minimum absolute atomic E-state index is 0.0390. The second kappa shape index (κ2) is 5.42. The Morgan fingerprint density at radius 1 is 1.26 bits per heavy atom. The van der Waals surface area contributed by atoms with Crippen LogP contribution in [-0.4, -0.2) is 29.9 Å². The minimum Gasteiger partial charge on any atom is -0.371 e. The van der Waals surface area contributed by atoms with Crippen molar-refractivity contribution in [1.82, 2.24) is 4.90 Å². The Morgan fingerprint density at radius 2 is 1.96 bits per heavy atom. The van der Waals surface area contributed by atoms with Crippen LogP contribution in [0.1, 0.15) is 48.7 Å². The van der Waals surface area contributed by atoms with Crippen LogP contribution in [0.5, 0.6) is 0 Å². The lowest BCUT2D eigenvalue weighted by atomic mass is 10.0. The van der Waals surface area contributed by atoms with Crippen molar-refractivity contribution >= 4 is 11.6 Å². The maximum Gasteiger partial charge on any atom is 0.416 e. The fraction of sp³-hybridized carbons (Fsp3) is 0.588. The number of hydrogen-bond donors (Lipinski definition) is 0. The largest absolute Gasteiger partial charge is 0.416 e. The third kappa shape index (κ3) is 2.79. The zero-order valence-corrected chi connectivity index (χ0v) is 13.6. The summed E-state index contributed by atoms with van der Waals surface area (Å²) in [5.74, 6) is 0.162. The molecule has 0 aliphatic carbocycles. The molecule has 0 aromatic heterocycles. The van der Waals surface area contributed by atoms with Gasteiger partial charge in [-0.2, -0.15) is 13.2 Å². The summed E-state index contributed by atoms with van der Waals surface area (Å²) in [5, 5.41) is 0. The number of carbonyl (C=O) groups is 1. The molecule has 0 radical (unpaired) electrons. The molecule has 1 aromatic carbocycles. The van der Waals surface area contributed by atoms with E-state index in [4.69, 9.17) is 0 Å². The van der Waals surface area contributed by atoms with Gasteiger partial charge in [0.15, 0.2) is 0 Å². The van der Waals surface area contributed by atoms with Crippen molar-refractivity contribution in [3.63, 3.8) is 0 Å². The lowest BCUT2D eigenvalue weighted by Crippen LogP contribution is -2.30. The molecule has 0 bridgehead atoms. The Labute approximate surface area is 134 Å². The quantitative estimate of drug-likeness (QED) is 0.822. The molecule has 1 aromatic rings. The number of nitrogens with zero attached hydrogens (tertiary/aromatic N) is 2. The first kappa shape index (κ1) is 16.1. The normalized spacial score (nSPS) is 21.5. The van der Waals surface area contributed by atoms with Gasteiger partial charge in [-0.25, -0.2) is 0 Å². The van der Waals surface area contributed by atoms with E-state index in [1.54, 1.807) is 6.07 Å². The fourth-order valence-corrected chi connectivity index (χ4v) is 3.44. The predicted octanol–water partition coefficient (Wildman–Crippen LogP) is 3.92. The zero-order chi connectivity index (χ0) is 16.9. The number of amides is 1. The number of carbonyl (C=O) groups excluding carboxylic acids is 1. The second-order valence-electron chi connectivity index (χ2n) is 6.88. The average Bonchev–Trinajstić information content (AvgIpc) is 3.01. The lowest BCUT2D eigenvalue weighted by molar-refractivity contribution is -0.138. The van der Waals surface area contributed by atoms with Gasteiger partial charge in [-0.1, -0.05) is 6.92 Å². The van der Waals surface area contributed by atoms with Crippen LogP contribution in [0.25, 0.3) is 0 Å². The molecule has 3 rings (SSSR count). The van der Waals surface area contributed by atoms with Crippen LogP contribution in [-0.2, 0) is 12.7 Å². The monoisotopic (exact) mass is 326 g/mol. The number of halogens is 3. The van der Waals surface area contributed by atoms with Crippen LogP contribution >= 0.6 is 0 Å². The highest BCUT2D eigenvalue weighted by Crippen LogP contribution is 2.41. The molecule has 0 spiro atoms. The lowest BCUT2D eigenvalue weighted by Gasteiger charge is -2.21. The first-order chi connectivity index (χ1) is 10.7. The summed E-state index contributed by atoms with van der Waals surface area (Å²) in [6.45, 7) is 7.23. The molecule has 23 heavy (non-hydrogen) atoms. The number of benzene rings is 1. The van der Waals surface area contributed by atoms with Crippen molar-refractivity contribution in [3.8, 4) is 0 Å². The topological polar surface area (TPSA) is 23.6 Å². The molecule has 1 fully saturated rings. The smallest absolute Gasteiger partial charge is 0.371 e. The molecule has 2 heterocycles. The fourth-order valence-electron chi connectivity index (χ4n) is 3.44. The van der Waals surface area contributed by atoms with Crippen molar-refractivity contribution in [2.24, 2.45) is 5.92 Å². The molecular weight excluding hydrogens is 305 g/mol. The molecule has 3 nitrogen and oxygen atoms in total. The van der Waals surface area contributed by atoms with Crippen LogP contribution in [0.2, 0.25) is 0 Å². The molecule has 2 aliphatic rings. The van der Waals surface area contributed by atoms with Gasteiger partial charge >= 0.3 is 6.18 Å². The molecule has 1 atom stereocenters. The third-order valence-electron chi connectivity index (χ3n) is 4.77. The SMILES string of the molecule is CC1CCN(c2cc3c(c(C(F)(F)F)c2)CN(C(C)C)C3=O)C1. The molecule has 1 saturated heterocycles. The Balaban J connectivity index is 2.09. The molecule has 1 unspecified atom stereocenters. The molecule has 0 N–H and O–H groups in total. The van der Waals surface area contributed by atoms with E-state index in [0.717, 1.165) is 19.5 Å². The van der Waals surface area contributed by atoms with Crippen molar-refractivity contribution in [2.75, 3.05) is 18.0 Å². The second-order valence-corrected chi connectivity index (χ2v) is 6.88. The van der Waals surface area contributed by atoms with Gasteiger partial charge < -0.3 is 9.80 Å².